The van der Waals surface area contributed by atoms with Crippen molar-refractivity contribution in [1.82, 2.24) is 5.32 Å². The summed E-state index contributed by atoms with van der Waals surface area (Å²) in [6.45, 7) is 1.94. The van der Waals surface area contributed by atoms with Crippen LogP contribution < -0.4 is 10.2 Å². The highest BCUT2D eigenvalue weighted by Gasteiger charge is 2.14. The van der Waals surface area contributed by atoms with Crippen molar-refractivity contribution in [2.75, 3.05) is 25.1 Å². The number of halogens is 1. The summed E-state index contributed by atoms with van der Waals surface area (Å²) >= 11 is 5.80. The van der Waals surface area contributed by atoms with E-state index in [0.717, 1.165) is 0 Å². The van der Waals surface area contributed by atoms with E-state index in [2.05, 4.69) is 5.32 Å². The maximum atomic E-state index is 12.1. The van der Waals surface area contributed by atoms with E-state index in [4.69, 9.17) is 16.3 Å². The third-order valence-electron chi connectivity index (χ3n) is 3.69. The number of nitrogens with zero attached hydrogens (tertiary/aromatic N) is 1. The third-order valence-corrected chi connectivity index (χ3v) is 3.94. The molecule has 0 atom stereocenters. The van der Waals surface area contributed by atoms with Crippen LogP contribution >= 0.6 is 11.6 Å². The van der Waals surface area contributed by atoms with Crippen molar-refractivity contribution in [3.8, 4) is 0 Å². The third kappa shape index (κ3) is 5.07. The first-order valence-electron chi connectivity index (χ1n) is 7.92. The minimum Gasteiger partial charge on any atom is -0.465 e. The summed E-state index contributed by atoms with van der Waals surface area (Å²) in [4.78, 5) is 37.2. The first-order valence-corrected chi connectivity index (χ1v) is 8.30. The van der Waals surface area contributed by atoms with E-state index in [-0.39, 0.29) is 24.9 Å². The number of ether oxygens (including phenoxy) is 1. The minimum absolute atomic E-state index is 0.201. The number of carbonyl (C=O) groups is 3. The van der Waals surface area contributed by atoms with Crippen molar-refractivity contribution in [2.24, 2.45) is 0 Å². The smallest absolute Gasteiger partial charge is 0.337 e. The predicted molar refractivity (Wildman–Crippen MR) is 99.6 cm³/mol. The number of anilines is 1. The van der Waals surface area contributed by atoms with Crippen LogP contribution in [0.15, 0.2) is 48.5 Å². The van der Waals surface area contributed by atoms with Crippen LogP contribution in [0.2, 0.25) is 5.02 Å². The lowest BCUT2D eigenvalue weighted by Gasteiger charge is -2.22. The van der Waals surface area contributed by atoms with E-state index in [9.17, 15) is 14.4 Å². The Hall–Kier alpha value is -2.86. The predicted octanol–water partition coefficient (Wildman–Crippen LogP) is 2.91. The molecule has 2 rings (SSSR count). The molecule has 0 heterocycles. The lowest BCUT2D eigenvalue weighted by Crippen LogP contribution is -2.37. The molecule has 2 amide bonds. The van der Waals surface area contributed by atoms with Crippen LogP contribution in [0.25, 0.3) is 0 Å². The van der Waals surface area contributed by atoms with Crippen molar-refractivity contribution in [3.63, 3.8) is 0 Å². The van der Waals surface area contributed by atoms with Gasteiger partial charge in [-0.05, 0) is 42.5 Å². The van der Waals surface area contributed by atoms with Crippen molar-refractivity contribution < 1.29 is 19.1 Å². The second-order valence-corrected chi connectivity index (χ2v) is 5.91. The molecule has 0 aliphatic heterocycles. The average molecular weight is 375 g/mol. The fraction of sp³-hybridized carbons (Fsp3) is 0.211. The largest absolute Gasteiger partial charge is 0.465 e. The van der Waals surface area contributed by atoms with Gasteiger partial charge in [-0.2, -0.15) is 0 Å². The van der Waals surface area contributed by atoms with Crippen LogP contribution in [0.1, 0.15) is 27.6 Å². The number of nitrogens with one attached hydrogen (secondary N) is 1. The molecule has 0 aliphatic rings. The molecule has 0 saturated heterocycles. The number of hydrogen-bond acceptors (Lipinski definition) is 4. The molecule has 0 radical (unpaired) electrons. The first kappa shape index (κ1) is 19.5. The normalized spacial score (nSPS) is 10.1. The van der Waals surface area contributed by atoms with Gasteiger partial charge in [0, 0.05) is 36.3 Å². The molecule has 7 heteroatoms. The monoisotopic (exact) mass is 374 g/mol. The Morgan fingerprint density at radius 2 is 1.77 bits per heavy atom. The topological polar surface area (TPSA) is 75.7 Å². The van der Waals surface area contributed by atoms with Crippen LogP contribution in [0, 0.1) is 0 Å². The van der Waals surface area contributed by atoms with E-state index < -0.39 is 5.97 Å². The summed E-state index contributed by atoms with van der Waals surface area (Å²) in [6.07, 6.45) is 0. The molecular formula is C19H19ClN2O4. The molecular weight excluding hydrogens is 356 g/mol. The van der Waals surface area contributed by atoms with Gasteiger partial charge in [0.2, 0.25) is 5.91 Å². The number of benzene rings is 2. The minimum atomic E-state index is -0.480. The molecule has 2 aromatic carbocycles. The van der Waals surface area contributed by atoms with Gasteiger partial charge in [-0.1, -0.05) is 17.7 Å². The van der Waals surface area contributed by atoms with Gasteiger partial charge in [0.1, 0.15) is 0 Å². The number of methoxy groups -OCH3 is 1. The van der Waals surface area contributed by atoms with Crippen molar-refractivity contribution in [1.29, 1.82) is 0 Å². The zero-order chi connectivity index (χ0) is 19.1. The summed E-state index contributed by atoms with van der Waals surface area (Å²) < 4.78 is 4.69. The molecule has 2 aromatic rings. The molecule has 0 fully saturated rings. The van der Waals surface area contributed by atoms with Crippen molar-refractivity contribution in [2.45, 2.75) is 6.92 Å². The van der Waals surface area contributed by atoms with E-state index >= 15 is 0 Å². The Labute approximate surface area is 156 Å². The summed E-state index contributed by atoms with van der Waals surface area (Å²) in [5, 5.41) is 3.31. The molecule has 0 aromatic heterocycles. The van der Waals surface area contributed by atoms with Gasteiger partial charge < -0.3 is 15.0 Å². The average Bonchev–Trinajstić information content (AvgIpc) is 2.64. The number of rotatable bonds is 6. The van der Waals surface area contributed by atoms with Gasteiger partial charge in [-0.15, -0.1) is 0 Å². The number of carbonyl (C=O) groups excluding carboxylic acids is 3. The van der Waals surface area contributed by atoms with E-state index in [1.165, 1.54) is 18.9 Å². The summed E-state index contributed by atoms with van der Waals surface area (Å²) in [5.41, 5.74) is 1.39. The Morgan fingerprint density at radius 3 is 2.38 bits per heavy atom. The molecule has 26 heavy (non-hydrogen) atoms. The molecule has 0 saturated carbocycles. The fourth-order valence-corrected chi connectivity index (χ4v) is 2.50. The maximum Gasteiger partial charge on any atom is 0.337 e. The standard InChI is InChI=1S/C19H19ClN2O4/c1-13(23)22(17-5-3-4-15(12-17)19(25)26-2)11-10-21-18(24)14-6-8-16(20)9-7-14/h3-9,12H,10-11H2,1-2H3,(H,21,24). The van der Waals surface area contributed by atoms with Crippen LogP contribution in [0.3, 0.4) is 0 Å². The SMILES string of the molecule is COC(=O)c1cccc(N(CCNC(=O)c2ccc(Cl)cc2)C(C)=O)c1. The summed E-state index contributed by atoms with van der Waals surface area (Å²) in [7, 11) is 1.30. The Morgan fingerprint density at radius 1 is 1.08 bits per heavy atom. The van der Waals surface area contributed by atoms with E-state index in [1.54, 1.807) is 48.5 Å². The van der Waals surface area contributed by atoms with Gasteiger partial charge in [0.05, 0.1) is 12.7 Å². The van der Waals surface area contributed by atoms with Crippen LogP contribution in [0.4, 0.5) is 5.69 Å². The Balaban J connectivity index is 2.02. The molecule has 1 N–H and O–H groups in total. The highest BCUT2D eigenvalue weighted by Crippen LogP contribution is 2.17. The summed E-state index contributed by atoms with van der Waals surface area (Å²) in [6, 6.07) is 13.1. The highest BCUT2D eigenvalue weighted by atomic mass is 35.5. The highest BCUT2D eigenvalue weighted by molar-refractivity contribution is 6.30. The lowest BCUT2D eigenvalue weighted by atomic mass is 10.2. The number of amides is 2. The van der Waals surface area contributed by atoms with Crippen LogP contribution in [-0.4, -0.2) is 38.0 Å². The van der Waals surface area contributed by atoms with E-state index in [0.29, 0.717) is 21.8 Å². The fourth-order valence-electron chi connectivity index (χ4n) is 2.37. The van der Waals surface area contributed by atoms with Crippen LogP contribution in [-0.2, 0) is 9.53 Å². The molecule has 0 bridgehead atoms. The Bertz CT molecular complexity index is 805. The van der Waals surface area contributed by atoms with Crippen molar-refractivity contribution >= 4 is 35.1 Å². The Kier molecular flexibility index (Phi) is 6.74. The molecule has 0 aliphatic carbocycles. The van der Waals surface area contributed by atoms with Gasteiger partial charge in [0.25, 0.3) is 5.91 Å². The van der Waals surface area contributed by atoms with Gasteiger partial charge in [-0.3, -0.25) is 9.59 Å². The molecule has 0 spiro atoms. The maximum absolute atomic E-state index is 12.1. The zero-order valence-corrected chi connectivity index (χ0v) is 15.2. The number of hydrogen-bond donors (Lipinski definition) is 1. The molecule has 6 nitrogen and oxygen atoms in total. The molecule has 136 valence electrons. The quantitative estimate of drug-likeness (QED) is 0.789. The van der Waals surface area contributed by atoms with E-state index in [1.807, 2.05) is 0 Å². The van der Waals surface area contributed by atoms with Gasteiger partial charge >= 0.3 is 5.97 Å². The second-order valence-electron chi connectivity index (χ2n) is 5.48. The summed E-state index contributed by atoms with van der Waals surface area (Å²) in [5.74, 6) is -0.937. The van der Waals surface area contributed by atoms with Crippen LogP contribution in [0.5, 0.6) is 0 Å². The number of esters is 1. The first-order chi connectivity index (χ1) is 12.4. The van der Waals surface area contributed by atoms with Gasteiger partial charge in [-0.25, -0.2) is 4.79 Å². The van der Waals surface area contributed by atoms with Crippen molar-refractivity contribution in [3.05, 3.63) is 64.7 Å². The second kappa shape index (κ2) is 9.01. The van der Waals surface area contributed by atoms with Gasteiger partial charge in [0.15, 0.2) is 0 Å². The molecule has 0 unspecified atom stereocenters. The zero-order valence-electron chi connectivity index (χ0n) is 14.5. The lowest BCUT2D eigenvalue weighted by molar-refractivity contribution is -0.116.